The highest BCUT2D eigenvalue weighted by molar-refractivity contribution is 7.98. The van der Waals surface area contributed by atoms with Gasteiger partial charge in [0.2, 0.25) is 0 Å². The van der Waals surface area contributed by atoms with Crippen molar-refractivity contribution in [2.75, 3.05) is 38.8 Å². The van der Waals surface area contributed by atoms with E-state index in [1.165, 1.54) is 18.6 Å². The van der Waals surface area contributed by atoms with Crippen molar-refractivity contribution >= 4 is 11.8 Å². The van der Waals surface area contributed by atoms with Crippen LogP contribution in [0.2, 0.25) is 0 Å². The Labute approximate surface area is 110 Å². The molecule has 1 fully saturated rings. The molecule has 0 aromatic carbocycles. The van der Waals surface area contributed by atoms with Gasteiger partial charge in [0.15, 0.2) is 0 Å². The smallest absolute Gasteiger partial charge is 0.0484 e. The molecule has 0 aliphatic carbocycles. The van der Waals surface area contributed by atoms with Crippen LogP contribution in [-0.2, 0) is 4.74 Å². The zero-order chi connectivity index (χ0) is 12.7. The van der Waals surface area contributed by atoms with E-state index in [9.17, 15) is 0 Å². The van der Waals surface area contributed by atoms with Gasteiger partial charge in [-0.3, -0.25) is 4.90 Å². The Morgan fingerprint density at radius 2 is 2.18 bits per heavy atom. The average molecular weight is 260 g/mol. The van der Waals surface area contributed by atoms with Gasteiger partial charge in [-0.1, -0.05) is 0 Å². The lowest BCUT2D eigenvalue weighted by molar-refractivity contribution is 0.0589. The van der Waals surface area contributed by atoms with Gasteiger partial charge in [-0.05, 0) is 51.7 Å². The number of thioether (sulfide) groups is 1. The number of nitrogens with two attached hydrogens (primary N) is 1. The first kappa shape index (κ1) is 15.3. The molecule has 17 heavy (non-hydrogen) atoms. The molecule has 0 bridgehead atoms. The fourth-order valence-corrected chi connectivity index (χ4v) is 3.22. The summed E-state index contributed by atoms with van der Waals surface area (Å²) in [6.45, 7) is 4.82. The molecule has 0 aromatic rings. The third-order valence-corrected chi connectivity index (χ3v) is 4.82. The molecule has 2 atom stereocenters. The highest BCUT2D eigenvalue weighted by Gasteiger charge is 2.35. The van der Waals surface area contributed by atoms with Gasteiger partial charge in [-0.15, -0.1) is 0 Å². The Balaban J connectivity index is 2.62. The van der Waals surface area contributed by atoms with Gasteiger partial charge in [0.1, 0.15) is 0 Å². The summed E-state index contributed by atoms with van der Waals surface area (Å²) < 4.78 is 5.58. The highest BCUT2D eigenvalue weighted by Crippen LogP contribution is 2.29. The summed E-state index contributed by atoms with van der Waals surface area (Å²) in [5, 5.41) is 0. The molecular formula is C13H28N2OS. The van der Waals surface area contributed by atoms with Crippen molar-refractivity contribution in [3.05, 3.63) is 0 Å². The summed E-state index contributed by atoms with van der Waals surface area (Å²) in [4.78, 5) is 2.51. The van der Waals surface area contributed by atoms with Crippen LogP contribution in [0.15, 0.2) is 0 Å². The van der Waals surface area contributed by atoms with Gasteiger partial charge in [0.25, 0.3) is 0 Å². The fourth-order valence-electron chi connectivity index (χ4n) is 2.64. The lowest BCUT2D eigenvalue weighted by atomic mass is 9.87. The van der Waals surface area contributed by atoms with E-state index in [-0.39, 0.29) is 5.54 Å². The second-order valence-electron chi connectivity index (χ2n) is 5.14. The second kappa shape index (κ2) is 7.62. The van der Waals surface area contributed by atoms with E-state index < -0.39 is 0 Å². The zero-order valence-corrected chi connectivity index (χ0v) is 12.4. The lowest BCUT2D eigenvalue weighted by Gasteiger charge is -2.44. The molecule has 4 heteroatoms. The van der Waals surface area contributed by atoms with Crippen molar-refractivity contribution < 1.29 is 4.74 Å². The summed E-state index contributed by atoms with van der Waals surface area (Å²) in [7, 11) is 2.24. The minimum atomic E-state index is 0.161. The molecule has 0 spiro atoms. The second-order valence-corrected chi connectivity index (χ2v) is 6.12. The van der Waals surface area contributed by atoms with Crippen molar-refractivity contribution in [3.63, 3.8) is 0 Å². The number of nitrogens with zero attached hydrogens (tertiary/aromatic N) is 1. The summed E-state index contributed by atoms with van der Waals surface area (Å²) in [5.41, 5.74) is 6.23. The molecule has 102 valence electrons. The molecule has 0 amide bonds. The quantitative estimate of drug-likeness (QED) is 0.792. The van der Waals surface area contributed by atoms with Gasteiger partial charge >= 0.3 is 0 Å². The Bertz CT molecular complexity index is 206. The normalized spacial score (nSPS) is 28.1. The first-order valence-corrected chi connectivity index (χ1v) is 8.05. The van der Waals surface area contributed by atoms with Crippen molar-refractivity contribution in [2.45, 2.75) is 44.2 Å². The van der Waals surface area contributed by atoms with Gasteiger partial charge in [0.05, 0.1) is 0 Å². The van der Waals surface area contributed by atoms with E-state index in [1.54, 1.807) is 0 Å². The van der Waals surface area contributed by atoms with E-state index in [4.69, 9.17) is 10.5 Å². The van der Waals surface area contributed by atoms with Crippen LogP contribution in [-0.4, -0.2) is 55.3 Å². The number of rotatable bonds is 6. The van der Waals surface area contributed by atoms with Crippen LogP contribution in [0.3, 0.4) is 0 Å². The van der Waals surface area contributed by atoms with Crippen molar-refractivity contribution in [2.24, 2.45) is 5.73 Å². The molecular weight excluding hydrogens is 232 g/mol. The minimum absolute atomic E-state index is 0.161. The van der Waals surface area contributed by atoms with Crippen LogP contribution in [0, 0.1) is 0 Å². The molecule has 0 saturated carbocycles. The van der Waals surface area contributed by atoms with Crippen LogP contribution in [0.1, 0.15) is 32.6 Å². The molecule has 1 saturated heterocycles. The third kappa shape index (κ3) is 4.12. The number of hydrogen-bond donors (Lipinski definition) is 1. The molecule has 0 aromatic heterocycles. The predicted octanol–water partition coefficient (Wildman–Crippen LogP) is 1.96. The Morgan fingerprint density at radius 1 is 1.41 bits per heavy atom. The molecule has 1 rings (SSSR count). The number of likely N-dealkylation sites (N-methyl/N-ethyl adjacent to an activating group) is 1. The first-order chi connectivity index (χ1) is 8.16. The maximum Gasteiger partial charge on any atom is 0.0484 e. The van der Waals surface area contributed by atoms with Gasteiger partial charge in [-0.2, -0.15) is 11.8 Å². The SMILES string of the molecule is CSCCC(C)N(C)C1(CN)CCCOCC1. The molecule has 2 N–H and O–H groups in total. The van der Waals surface area contributed by atoms with Gasteiger partial charge in [-0.25, -0.2) is 0 Å². The van der Waals surface area contributed by atoms with Crippen LogP contribution < -0.4 is 5.73 Å². The van der Waals surface area contributed by atoms with Gasteiger partial charge in [0, 0.05) is 31.3 Å². The monoisotopic (exact) mass is 260 g/mol. The van der Waals surface area contributed by atoms with Crippen LogP contribution in [0.4, 0.5) is 0 Å². The molecule has 3 nitrogen and oxygen atoms in total. The van der Waals surface area contributed by atoms with E-state index in [2.05, 4.69) is 25.1 Å². The zero-order valence-electron chi connectivity index (χ0n) is 11.6. The summed E-state index contributed by atoms with van der Waals surface area (Å²) in [5.74, 6) is 1.22. The van der Waals surface area contributed by atoms with E-state index in [1.807, 2.05) is 11.8 Å². The van der Waals surface area contributed by atoms with Crippen molar-refractivity contribution in [1.82, 2.24) is 4.90 Å². The molecule has 0 radical (unpaired) electrons. The van der Waals surface area contributed by atoms with Crippen LogP contribution >= 0.6 is 11.8 Å². The Hall–Kier alpha value is 0.230. The predicted molar refractivity (Wildman–Crippen MR) is 76.7 cm³/mol. The van der Waals surface area contributed by atoms with Crippen LogP contribution in [0.5, 0.6) is 0 Å². The first-order valence-electron chi connectivity index (χ1n) is 6.66. The van der Waals surface area contributed by atoms with Gasteiger partial charge < -0.3 is 10.5 Å². The average Bonchev–Trinajstić information content (AvgIpc) is 2.61. The standard InChI is InChI=1S/C13H28N2OS/c1-12(5-10-17-3)15(2)13(11-14)6-4-8-16-9-7-13/h12H,4-11,14H2,1-3H3. The summed E-state index contributed by atoms with van der Waals surface area (Å²) in [6.07, 6.45) is 6.79. The van der Waals surface area contributed by atoms with Crippen molar-refractivity contribution in [3.8, 4) is 0 Å². The Morgan fingerprint density at radius 3 is 2.82 bits per heavy atom. The molecule has 1 aliphatic rings. The maximum atomic E-state index is 6.07. The minimum Gasteiger partial charge on any atom is -0.381 e. The largest absolute Gasteiger partial charge is 0.381 e. The Kier molecular flexibility index (Phi) is 6.85. The molecule has 1 aliphatic heterocycles. The molecule has 1 heterocycles. The summed E-state index contributed by atoms with van der Waals surface area (Å²) >= 11 is 1.92. The molecule has 2 unspecified atom stereocenters. The number of ether oxygens (including phenoxy) is 1. The van der Waals surface area contributed by atoms with Crippen molar-refractivity contribution in [1.29, 1.82) is 0 Å². The van der Waals surface area contributed by atoms with Crippen LogP contribution in [0.25, 0.3) is 0 Å². The van der Waals surface area contributed by atoms with E-state index in [0.29, 0.717) is 6.04 Å². The maximum absolute atomic E-state index is 6.07. The fraction of sp³-hybridized carbons (Fsp3) is 1.00. The third-order valence-electron chi connectivity index (χ3n) is 4.17. The lowest BCUT2D eigenvalue weighted by Crippen LogP contribution is -2.55. The number of hydrogen-bond acceptors (Lipinski definition) is 4. The topological polar surface area (TPSA) is 38.5 Å². The highest BCUT2D eigenvalue weighted by atomic mass is 32.2. The summed E-state index contributed by atoms with van der Waals surface area (Å²) in [6, 6.07) is 0.601. The van der Waals surface area contributed by atoms with E-state index in [0.717, 1.165) is 32.6 Å². The van der Waals surface area contributed by atoms with E-state index >= 15 is 0 Å².